The average Bonchev–Trinajstić information content (AvgIpc) is 3.02. The number of aryl methyl sites for hydroxylation is 2. The third-order valence-electron chi connectivity index (χ3n) is 7.05. The summed E-state index contributed by atoms with van der Waals surface area (Å²) >= 11 is 0. The molecule has 1 aliphatic rings. The van der Waals surface area contributed by atoms with Gasteiger partial charge in [0.15, 0.2) is 0 Å². The van der Waals surface area contributed by atoms with E-state index in [1.54, 1.807) is 12.1 Å². The fourth-order valence-electron chi connectivity index (χ4n) is 4.87. The number of hydrogen-bond donors (Lipinski definition) is 1. The lowest BCUT2D eigenvalue weighted by atomic mass is 9.98. The van der Waals surface area contributed by atoms with Gasteiger partial charge in [0.25, 0.3) is 0 Å². The molecule has 1 saturated heterocycles. The van der Waals surface area contributed by atoms with Gasteiger partial charge in [0.1, 0.15) is 0 Å². The summed E-state index contributed by atoms with van der Waals surface area (Å²) in [5.74, 6) is -0.864. The number of unbranched alkanes of at least 4 members (excludes halogenated alkanes) is 1. The quantitative estimate of drug-likeness (QED) is 0.529. The normalized spacial score (nSPS) is 15.5. The predicted octanol–water partition coefficient (Wildman–Crippen LogP) is 4.57. The number of carboxylic acids is 1. The monoisotopic (exact) mass is 433 g/mol. The minimum atomic E-state index is -0.864. The van der Waals surface area contributed by atoms with Crippen molar-refractivity contribution in [2.45, 2.75) is 39.7 Å². The molecule has 2 aromatic carbocycles. The lowest BCUT2D eigenvalue weighted by molar-refractivity contribution is 0.0696. The number of rotatable bonds is 8. The van der Waals surface area contributed by atoms with E-state index in [0.29, 0.717) is 12.0 Å². The van der Waals surface area contributed by atoms with Gasteiger partial charge in [-0.3, -0.25) is 0 Å². The zero-order valence-corrected chi connectivity index (χ0v) is 19.6. The fraction of sp³-hybridized carbons (Fsp3) is 0.444. The van der Waals surface area contributed by atoms with Crippen molar-refractivity contribution in [3.8, 4) is 0 Å². The zero-order valence-electron chi connectivity index (χ0n) is 19.6. The molecule has 0 radical (unpaired) electrons. The van der Waals surface area contributed by atoms with E-state index in [0.717, 1.165) is 17.7 Å². The number of aromatic carboxylic acids is 1. The summed E-state index contributed by atoms with van der Waals surface area (Å²) in [6, 6.07) is 13.9. The summed E-state index contributed by atoms with van der Waals surface area (Å²) in [6.07, 6.45) is 3.04. The molecule has 0 saturated carbocycles. The maximum Gasteiger partial charge on any atom is 0.335 e. The smallest absolute Gasteiger partial charge is 0.335 e. The molecule has 5 heteroatoms. The minimum absolute atomic E-state index is 0.387. The number of fused-ring (bicyclic) bond motifs is 1. The van der Waals surface area contributed by atoms with Gasteiger partial charge in [-0.1, -0.05) is 24.3 Å². The van der Waals surface area contributed by atoms with Crippen molar-refractivity contribution in [2.75, 3.05) is 39.8 Å². The van der Waals surface area contributed by atoms with Crippen LogP contribution < -0.4 is 0 Å². The Bertz CT molecular complexity index is 1090. The van der Waals surface area contributed by atoms with Gasteiger partial charge >= 0.3 is 5.97 Å². The van der Waals surface area contributed by atoms with E-state index in [-0.39, 0.29) is 0 Å². The molecular formula is C27H35N3O2. The van der Waals surface area contributed by atoms with Crippen LogP contribution in [0.2, 0.25) is 0 Å². The summed E-state index contributed by atoms with van der Waals surface area (Å²) in [6.45, 7) is 11.4. The first kappa shape index (κ1) is 22.6. The van der Waals surface area contributed by atoms with Crippen LogP contribution in [-0.2, 0) is 13.0 Å². The number of hydrogen-bond acceptors (Lipinski definition) is 3. The highest BCUT2D eigenvalue weighted by molar-refractivity contribution is 5.90. The van der Waals surface area contributed by atoms with E-state index in [4.69, 9.17) is 0 Å². The zero-order chi connectivity index (χ0) is 22.7. The maximum absolute atomic E-state index is 11.6. The summed E-state index contributed by atoms with van der Waals surface area (Å²) in [4.78, 5) is 16.6. The first-order valence-corrected chi connectivity index (χ1v) is 11.7. The molecule has 0 amide bonds. The van der Waals surface area contributed by atoms with E-state index in [2.05, 4.69) is 53.5 Å². The van der Waals surface area contributed by atoms with Crippen molar-refractivity contribution in [2.24, 2.45) is 0 Å². The van der Waals surface area contributed by atoms with Crippen molar-refractivity contribution in [3.05, 3.63) is 70.4 Å². The van der Waals surface area contributed by atoms with E-state index in [1.807, 2.05) is 12.1 Å². The average molecular weight is 434 g/mol. The van der Waals surface area contributed by atoms with E-state index in [1.165, 1.54) is 67.7 Å². The molecule has 1 aromatic heterocycles. The molecule has 0 bridgehead atoms. The van der Waals surface area contributed by atoms with Gasteiger partial charge < -0.3 is 19.5 Å². The number of benzene rings is 2. The van der Waals surface area contributed by atoms with Gasteiger partial charge in [0.2, 0.25) is 0 Å². The molecule has 32 heavy (non-hydrogen) atoms. The van der Waals surface area contributed by atoms with Gasteiger partial charge in [0, 0.05) is 49.3 Å². The van der Waals surface area contributed by atoms with Crippen LogP contribution in [0.4, 0.5) is 0 Å². The Hall–Kier alpha value is -2.63. The molecule has 5 nitrogen and oxygen atoms in total. The minimum Gasteiger partial charge on any atom is -0.478 e. The topological polar surface area (TPSA) is 48.7 Å². The Morgan fingerprint density at radius 1 is 0.969 bits per heavy atom. The summed E-state index contributed by atoms with van der Waals surface area (Å²) in [5.41, 5.74) is 6.35. The molecule has 1 fully saturated rings. The third-order valence-corrected chi connectivity index (χ3v) is 7.05. The predicted molar refractivity (Wildman–Crippen MR) is 131 cm³/mol. The van der Waals surface area contributed by atoms with Crippen LogP contribution in [0.5, 0.6) is 0 Å². The number of aromatic nitrogens is 1. The van der Waals surface area contributed by atoms with Gasteiger partial charge in [-0.05, 0) is 81.6 Å². The van der Waals surface area contributed by atoms with Crippen molar-refractivity contribution >= 4 is 16.9 Å². The SMILES string of the molecule is Cc1c(C)n(CCCCN2CCN(C)CC2)c2ccc(Cc3ccccc3C(=O)O)cc12. The molecular weight excluding hydrogens is 398 g/mol. The molecule has 0 aliphatic carbocycles. The lowest BCUT2D eigenvalue weighted by Gasteiger charge is -2.32. The van der Waals surface area contributed by atoms with Gasteiger partial charge in [-0.2, -0.15) is 0 Å². The number of carbonyl (C=O) groups is 1. The number of carboxylic acid groups (broad SMARTS) is 1. The van der Waals surface area contributed by atoms with Crippen LogP contribution in [0.15, 0.2) is 42.5 Å². The summed E-state index contributed by atoms with van der Waals surface area (Å²) in [5, 5.41) is 10.8. The van der Waals surface area contributed by atoms with Gasteiger partial charge in [0.05, 0.1) is 5.56 Å². The fourth-order valence-corrected chi connectivity index (χ4v) is 4.87. The molecule has 2 heterocycles. The van der Waals surface area contributed by atoms with Crippen molar-refractivity contribution in [1.29, 1.82) is 0 Å². The number of piperazine rings is 1. The lowest BCUT2D eigenvalue weighted by Crippen LogP contribution is -2.44. The molecule has 170 valence electrons. The second-order valence-electron chi connectivity index (χ2n) is 9.20. The van der Waals surface area contributed by atoms with Crippen LogP contribution in [0.3, 0.4) is 0 Å². The molecule has 0 unspecified atom stereocenters. The van der Waals surface area contributed by atoms with E-state index >= 15 is 0 Å². The molecule has 1 N–H and O–H groups in total. The summed E-state index contributed by atoms with van der Waals surface area (Å²) < 4.78 is 2.46. The number of nitrogens with zero attached hydrogens (tertiary/aromatic N) is 3. The molecule has 3 aromatic rings. The van der Waals surface area contributed by atoms with Crippen molar-refractivity contribution in [3.63, 3.8) is 0 Å². The Balaban J connectivity index is 1.45. The van der Waals surface area contributed by atoms with E-state index in [9.17, 15) is 9.90 Å². The van der Waals surface area contributed by atoms with E-state index < -0.39 is 5.97 Å². The molecule has 0 spiro atoms. The van der Waals surface area contributed by atoms with Crippen molar-refractivity contribution < 1.29 is 9.90 Å². The summed E-state index contributed by atoms with van der Waals surface area (Å²) in [7, 11) is 2.20. The Morgan fingerprint density at radius 3 is 2.44 bits per heavy atom. The van der Waals surface area contributed by atoms with Crippen LogP contribution >= 0.6 is 0 Å². The molecule has 4 rings (SSSR count). The van der Waals surface area contributed by atoms with Crippen molar-refractivity contribution in [1.82, 2.24) is 14.4 Å². The van der Waals surface area contributed by atoms with Crippen LogP contribution in [0, 0.1) is 13.8 Å². The molecule has 1 aliphatic heterocycles. The Labute approximate surface area is 191 Å². The van der Waals surface area contributed by atoms with Crippen LogP contribution in [0.1, 0.15) is 45.6 Å². The maximum atomic E-state index is 11.6. The van der Waals surface area contributed by atoms with Gasteiger partial charge in [-0.15, -0.1) is 0 Å². The second-order valence-corrected chi connectivity index (χ2v) is 9.20. The highest BCUT2D eigenvalue weighted by atomic mass is 16.4. The van der Waals surface area contributed by atoms with Gasteiger partial charge in [-0.25, -0.2) is 4.79 Å². The standard InChI is InChI=1S/C27H35N3O2/c1-20-21(2)30(13-7-6-12-29-16-14-28(3)15-17-29)26-11-10-22(19-25(20)26)18-23-8-4-5-9-24(23)27(31)32/h4-5,8-11,19H,6-7,12-18H2,1-3H3,(H,31,32). The van der Waals surface area contributed by atoms with Crippen LogP contribution in [0.25, 0.3) is 10.9 Å². The highest BCUT2D eigenvalue weighted by Gasteiger charge is 2.15. The Morgan fingerprint density at radius 2 is 1.69 bits per heavy atom. The first-order valence-electron chi connectivity index (χ1n) is 11.7. The van der Waals surface area contributed by atoms with Crippen LogP contribution in [-0.4, -0.2) is 65.2 Å². The molecule has 0 atom stereocenters. The Kier molecular flexibility index (Phi) is 6.97. The first-order chi connectivity index (χ1) is 15.4. The highest BCUT2D eigenvalue weighted by Crippen LogP contribution is 2.28. The third kappa shape index (κ3) is 4.89. The number of likely N-dealkylation sites (N-methyl/N-ethyl adjacent to an activating group) is 1. The largest absolute Gasteiger partial charge is 0.478 e. The second kappa shape index (κ2) is 9.88.